The van der Waals surface area contributed by atoms with Crippen molar-refractivity contribution in [3.05, 3.63) is 23.3 Å². The van der Waals surface area contributed by atoms with Gasteiger partial charge >= 0.3 is 6.09 Å². The van der Waals surface area contributed by atoms with Crippen molar-refractivity contribution in [3.8, 4) is 5.75 Å². The third-order valence-electron chi connectivity index (χ3n) is 2.62. The summed E-state index contributed by atoms with van der Waals surface area (Å²) in [6, 6.07) is 3.97. The number of benzene rings is 1. The van der Waals surface area contributed by atoms with Crippen LogP contribution in [0.5, 0.6) is 5.75 Å². The van der Waals surface area contributed by atoms with Crippen LogP contribution in [0.15, 0.2) is 12.1 Å². The Kier molecular flexibility index (Phi) is 6.09. The van der Waals surface area contributed by atoms with Gasteiger partial charge in [-0.1, -0.05) is 0 Å². The number of hydrogen-bond donors (Lipinski definition) is 1. The standard InChI is InChI=1S/C13H20N2O2.HI/c1-9-7-10(2)12(17-13(16)14-3)8-11(9)15(4,5)6;/h7-8H,1-6H3;1H. The number of carbonyl (C=O) groups excluding carboxylic acids is 1. The Bertz CT molecular complexity index is 439. The van der Waals surface area contributed by atoms with E-state index in [1.165, 1.54) is 5.56 Å². The number of aryl methyl sites for hydroxylation is 2. The average Bonchev–Trinajstić information content (AvgIpc) is 2.19. The van der Waals surface area contributed by atoms with Crippen LogP contribution < -0.4 is 38.5 Å². The zero-order valence-corrected chi connectivity index (χ0v) is 14.0. The van der Waals surface area contributed by atoms with E-state index < -0.39 is 6.09 Å². The lowest BCUT2D eigenvalue weighted by molar-refractivity contribution is -0.00000882. The van der Waals surface area contributed by atoms with Crippen molar-refractivity contribution < 1.29 is 33.5 Å². The fourth-order valence-corrected chi connectivity index (χ4v) is 1.81. The van der Waals surface area contributed by atoms with E-state index >= 15 is 0 Å². The summed E-state index contributed by atoms with van der Waals surface area (Å²) in [5, 5.41) is 2.45. The lowest BCUT2D eigenvalue weighted by Gasteiger charge is -2.26. The molecule has 0 aliphatic heterocycles. The zero-order chi connectivity index (χ0) is 13.2. The minimum Gasteiger partial charge on any atom is -1.00 e. The monoisotopic (exact) mass is 364 g/mol. The summed E-state index contributed by atoms with van der Waals surface area (Å²) in [6.45, 7) is 4.00. The van der Waals surface area contributed by atoms with E-state index in [2.05, 4.69) is 33.4 Å². The van der Waals surface area contributed by atoms with Crippen LogP contribution in [0.4, 0.5) is 10.5 Å². The number of nitrogens with one attached hydrogen (secondary N) is 1. The molecular formula is C13H21IN2O2. The number of hydrogen-bond acceptors (Lipinski definition) is 2. The third kappa shape index (κ3) is 4.13. The first-order valence-corrected chi connectivity index (χ1v) is 5.58. The van der Waals surface area contributed by atoms with Crippen molar-refractivity contribution in [2.24, 2.45) is 0 Å². The van der Waals surface area contributed by atoms with Crippen LogP contribution in [-0.4, -0.2) is 34.3 Å². The number of halogens is 1. The van der Waals surface area contributed by atoms with E-state index in [9.17, 15) is 4.79 Å². The van der Waals surface area contributed by atoms with Gasteiger partial charge in [-0.15, -0.1) is 0 Å². The van der Waals surface area contributed by atoms with Gasteiger partial charge in [-0.3, -0.25) is 4.48 Å². The maximum atomic E-state index is 11.2. The Labute approximate surface area is 126 Å². The Hall–Kier alpha value is -0.820. The van der Waals surface area contributed by atoms with Gasteiger partial charge in [-0.05, 0) is 25.5 Å². The molecule has 0 saturated carbocycles. The molecule has 0 saturated heterocycles. The average molecular weight is 364 g/mol. The van der Waals surface area contributed by atoms with E-state index in [1.807, 2.05) is 19.1 Å². The van der Waals surface area contributed by atoms with Gasteiger partial charge in [0, 0.05) is 18.7 Å². The molecule has 0 aliphatic carbocycles. The lowest BCUT2D eigenvalue weighted by atomic mass is 10.1. The molecule has 1 rings (SSSR count). The van der Waals surface area contributed by atoms with Crippen molar-refractivity contribution in [2.45, 2.75) is 13.8 Å². The summed E-state index contributed by atoms with van der Waals surface area (Å²) >= 11 is 0. The molecule has 0 radical (unpaired) electrons. The maximum absolute atomic E-state index is 11.2. The van der Waals surface area contributed by atoms with Gasteiger partial charge in [-0.25, -0.2) is 4.79 Å². The number of amides is 1. The summed E-state index contributed by atoms with van der Waals surface area (Å²) in [6.07, 6.45) is -0.440. The first-order valence-electron chi connectivity index (χ1n) is 5.58. The molecule has 102 valence electrons. The quantitative estimate of drug-likeness (QED) is 0.553. The molecule has 0 unspecified atom stereocenters. The highest BCUT2D eigenvalue weighted by molar-refractivity contribution is 5.71. The number of rotatable bonds is 2. The molecule has 18 heavy (non-hydrogen) atoms. The van der Waals surface area contributed by atoms with E-state index in [0.717, 1.165) is 11.3 Å². The normalized spacial score (nSPS) is 10.6. The molecule has 4 nitrogen and oxygen atoms in total. The van der Waals surface area contributed by atoms with Gasteiger partial charge in [0.15, 0.2) is 0 Å². The summed E-state index contributed by atoms with van der Waals surface area (Å²) < 4.78 is 5.92. The molecule has 0 bridgehead atoms. The number of ether oxygens (including phenoxy) is 1. The largest absolute Gasteiger partial charge is 1.00 e. The Morgan fingerprint density at radius 2 is 1.72 bits per heavy atom. The minimum absolute atomic E-state index is 0. The van der Waals surface area contributed by atoms with Crippen LogP contribution >= 0.6 is 0 Å². The van der Waals surface area contributed by atoms with Crippen molar-refractivity contribution in [1.82, 2.24) is 9.80 Å². The van der Waals surface area contributed by atoms with Gasteiger partial charge in [0.05, 0.1) is 21.1 Å². The van der Waals surface area contributed by atoms with Crippen LogP contribution in [0.1, 0.15) is 11.1 Å². The molecule has 1 amide bonds. The van der Waals surface area contributed by atoms with Crippen LogP contribution in [-0.2, 0) is 0 Å². The molecule has 0 heterocycles. The fourth-order valence-electron chi connectivity index (χ4n) is 1.81. The van der Waals surface area contributed by atoms with Gasteiger partial charge in [-0.2, -0.15) is 0 Å². The smallest absolute Gasteiger partial charge is 0.412 e. The second kappa shape index (κ2) is 6.38. The molecule has 1 aromatic carbocycles. The van der Waals surface area contributed by atoms with Crippen LogP contribution in [0, 0.1) is 13.8 Å². The molecule has 0 atom stereocenters. The minimum atomic E-state index is -0.440. The topological polar surface area (TPSA) is 38.3 Å². The molecule has 0 spiro atoms. The Morgan fingerprint density at radius 1 is 1.17 bits per heavy atom. The highest BCUT2D eigenvalue weighted by atomic mass is 127. The molecule has 0 fully saturated rings. The molecule has 1 N–H and O–H groups in total. The summed E-state index contributed by atoms with van der Waals surface area (Å²) in [5.74, 6) is 0.609. The summed E-state index contributed by atoms with van der Waals surface area (Å²) in [4.78, 5) is 11.2. The third-order valence-corrected chi connectivity index (χ3v) is 2.62. The fraction of sp³-hybridized carbons (Fsp3) is 0.462. The lowest BCUT2D eigenvalue weighted by Crippen LogP contribution is -3.00. The molecule has 5 heteroatoms. The summed E-state index contributed by atoms with van der Waals surface area (Å²) in [5.41, 5.74) is 3.29. The zero-order valence-electron chi connectivity index (χ0n) is 11.8. The van der Waals surface area contributed by atoms with Gasteiger partial charge in [0.1, 0.15) is 11.4 Å². The van der Waals surface area contributed by atoms with Crippen LogP contribution in [0.25, 0.3) is 0 Å². The molecule has 1 aromatic rings. The van der Waals surface area contributed by atoms with Gasteiger partial charge in [0.25, 0.3) is 0 Å². The van der Waals surface area contributed by atoms with Crippen molar-refractivity contribution in [1.29, 1.82) is 0 Å². The second-order valence-electron chi connectivity index (χ2n) is 5.06. The molecular weight excluding hydrogens is 343 g/mol. The number of nitrogens with zero attached hydrogens (tertiary/aromatic N) is 1. The highest BCUT2D eigenvalue weighted by Crippen LogP contribution is 2.30. The van der Waals surface area contributed by atoms with Gasteiger partial charge in [0.2, 0.25) is 0 Å². The first-order chi connectivity index (χ1) is 7.75. The van der Waals surface area contributed by atoms with E-state index in [1.54, 1.807) is 7.05 Å². The summed E-state index contributed by atoms with van der Waals surface area (Å²) in [7, 11) is 7.80. The number of carbonyl (C=O) groups is 1. The van der Waals surface area contributed by atoms with E-state index in [4.69, 9.17) is 4.74 Å². The van der Waals surface area contributed by atoms with Crippen LogP contribution in [0.2, 0.25) is 0 Å². The maximum Gasteiger partial charge on any atom is 0.412 e. The highest BCUT2D eigenvalue weighted by Gasteiger charge is 2.19. The first kappa shape index (κ1) is 17.2. The second-order valence-corrected chi connectivity index (χ2v) is 5.06. The predicted octanol–water partition coefficient (Wildman–Crippen LogP) is -0.778. The van der Waals surface area contributed by atoms with Gasteiger partial charge < -0.3 is 34.0 Å². The molecule has 0 aliphatic rings. The predicted molar refractivity (Wildman–Crippen MR) is 70.6 cm³/mol. The van der Waals surface area contributed by atoms with Crippen molar-refractivity contribution in [3.63, 3.8) is 0 Å². The Balaban J connectivity index is 0.00000289. The van der Waals surface area contributed by atoms with E-state index in [-0.39, 0.29) is 24.0 Å². The van der Waals surface area contributed by atoms with Crippen molar-refractivity contribution in [2.75, 3.05) is 28.2 Å². The number of quaternary nitrogens is 1. The SMILES string of the molecule is CNC(=O)Oc1cc([N+](C)(C)C)c(C)cc1C.[I-]. The molecule has 0 aromatic heterocycles. The van der Waals surface area contributed by atoms with Crippen LogP contribution in [0.3, 0.4) is 0 Å². The van der Waals surface area contributed by atoms with Crippen molar-refractivity contribution >= 4 is 11.8 Å². The van der Waals surface area contributed by atoms with E-state index in [0.29, 0.717) is 10.2 Å². The Morgan fingerprint density at radius 3 is 2.17 bits per heavy atom.